The molecular formula is C16H19NO. The zero-order chi connectivity index (χ0) is 13.0. The number of benzene rings is 2. The number of anilines is 1. The number of aliphatic hydroxyl groups is 1. The molecule has 0 bridgehead atoms. The molecule has 0 amide bonds. The maximum absolute atomic E-state index is 10.4. The first kappa shape index (κ1) is 12.7. The molecule has 0 radical (unpaired) electrons. The minimum atomic E-state index is -0.589. The van der Waals surface area contributed by atoms with Crippen LogP contribution in [0.4, 0.5) is 5.69 Å². The standard InChI is InChI=1S/C16H19NO/c1-12(2)17-15-11-7-6-10-14(15)16(18)13-8-4-3-5-9-13/h3-12,16-18H,1-2H3/t16-/m0/s1. The van der Waals surface area contributed by atoms with Crippen LogP contribution < -0.4 is 5.32 Å². The average molecular weight is 241 g/mol. The summed E-state index contributed by atoms with van der Waals surface area (Å²) in [6.45, 7) is 4.18. The normalized spacial score (nSPS) is 12.4. The lowest BCUT2D eigenvalue weighted by atomic mass is 10.00. The molecule has 0 fully saturated rings. The number of rotatable bonds is 4. The van der Waals surface area contributed by atoms with E-state index in [0.717, 1.165) is 16.8 Å². The molecule has 0 aromatic heterocycles. The number of hydrogen-bond acceptors (Lipinski definition) is 2. The molecule has 0 spiro atoms. The largest absolute Gasteiger partial charge is 0.384 e. The molecule has 94 valence electrons. The molecule has 0 unspecified atom stereocenters. The highest BCUT2D eigenvalue weighted by molar-refractivity contribution is 5.54. The lowest BCUT2D eigenvalue weighted by Crippen LogP contribution is -2.13. The van der Waals surface area contributed by atoms with Gasteiger partial charge in [-0.1, -0.05) is 48.5 Å². The second-order valence-corrected chi connectivity index (χ2v) is 4.70. The monoisotopic (exact) mass is 241 g/mol. The van der Waals surface area contributed by atoms with E-state index in [1.54, 1.807) is 0 Å². The summed E-state index contributed by atoms with van der Waals surface area (Å²) in [4.78, 5) is 0. The van der Waals surface area contributed by atoms with Crippen molar-refractivity contribution in [2.75, 3.05) is 5.32 Å². The van der Waals surface area contributed by atoms with Crippen molar-refractivity contribution in [3.63, 3.8) is 0 Å². The third kappa shape index (κ3) is 2.90. The van der Waals surface area contributed by atoms with Crippen molar-refractivity contribution >= 4 is 5.69 Å². The van der Waals surface area contributed by atoms with Gasteiger partial charge in [0, 0.05) is 17.3 Å². The summed E-state index contributed by atoms with van der Waals surface area (Å²) in [5.41, 5.74) is 2.82. The number of hydrogen-bond donors (Lipinski definition) is 2. The van der Waals surface area contributed by atoms with Gasteiger partial charge < -0.3 is 10.4 Å². The average Bonchev–Trinajstić information content (AvgIpc) is 2.39. The van der Waals surface area contributed by atoms with E-state index in [1.165, 1.54) is 0 Å². The summed E-state index contributed by atoms with van der Waals surface area (Å²) in [7, 11) is 0. The van der Waals surface area contributed by atoms with Crippen LogP contribution in [0.5, 0.6) is 0 Å². The Labute approximate surface area is 108 Å². The topological polar surface area (TPSA) is 32.3 Å². The molecule has 1 atom stereocenters. The Kier molecular flexibility index (Phi) is 4.00. The fraction of sp³-hybridized carbons (Fsp3) is 0.250. The quantitative estimate of drug-likeness (QED) is 0.857. The van der Waals surface area contributed by atoms with Crippen LogP contribution in [0.3, 0.4) is 0 Å². The molecule has 2 rings (SSSR count). The lowest BCUT2D eigenvalue weighted by Gasteiger charge is -2.18. The molecule has 0 heterocycles. The molecule has 0 aliphatic heterocycles. The Balaban J connectivity index is 2.33. The molecule has 0 aliphatic rings. The van der Waals surface area contributed by atoms with E-state index in [1.807, 2.05) is 54.6 Å². The van der Waals surface area contributed by atoms with E-state index in [0.29, 0.717) is 6.04 Å². The number of aliphatic hydroxyl groups excluding tert-OH is 1. The van der Waals surface area contributed by atoms with Crippen LogP contribution in [-0.4, -0.2) is 11.1 Å². The molecule has 2 nitrogen and oxygen atoms in total. The second-order valence-electron chi connectivity index (χ2n) is 4.70. The van der Waals surface area contributed by atoms with Crippen molar-refractivity contribution < 1.29 is 5.11 Å². The summed E-state index contributed by atoms with van der Waals surface area (Å²) >= 11 is 0. The van der Waals surface area contributed by atoms with Crippen LogP contribution >= 0.6 is 0 Å². The van der Waals surface area contributed by atoms with E-state index in [4.69, 9.17) is 0 Å². The Morgan fingerprint density at radius 2 is 1.50 bits per heavy atom. The highest BCUT2D eigenvalue weighted by Crippen LogP contribution is 2.28. The second kappa shape index (κ2) is 5.69. The minimum absolute atomic E-state index is 0.342. The van der Waals surface area contributed by atoms with Crippen LogP contribution in [-0.2, 0) is 0 Å². The fourth-order valence-corrected chi connectivity index (χ4v) is 1.99. The molecule has 2 aromatic rings. The molecular weight excluding hydrogens is 222 g/mol. The minimum Gasteiger partial charge on any atom is -0.384 e. The Morgan fingerprint density at radius 3 is 2.17 bits per heavy atom. The van der Waals surface area contributed by atoms with Crippen LogP contribution in [0.2, 0.25) is 0 Å². The third-order valence-electron chi connectivity index (χ3n) is 2.81. The first-order valence-electron chi connectivity index (χ1n) is 6.27. The van der Waals surface area contributed by atoms with Crippen molar-refractivity contribution in [2.24, 2.45) is 0 Å². The van der Waals surface area contributed by atoms with Gasteiger partial charge in [-0.05, 0) is 25.5 Å². The summed E-state index contributed by atoms with van der Waals surface area (Å²) in [6, 6.07) is 18.0. The first-order valence-corrected chi connectivity index (χ1v) is 6.27. The van der Waals surface area contributed by atoms with E-state index in [2.05, 4.69) is 19.2 Å². The van der Waals surface area contributed by atoms with Gasteiger partial charge in [0.1, 0.15) is 6.10 Å². The Bertz CT molecular complexity index is 493. The van der Waals surface area contributed by atoms with Crippen LogP contribution in [0.15, 0.2) is 54.6 Å². The van der Waals surface area contributed by atoms with Crippen molar-refractivity contribution in [3.8, 4) is 0 Å². The van der Waals surface area contributed by atoms with Crippen molar-refractivity contribution in [3.05, 3.63) is 65.7 Å². The van der Waals surface area contributed by atoms with Gasteiger partial charge in [-0.15, -0.1) is 0 Å². The molecule has 2 aromatic carbocycles. The summed E-state index contributed by atoms with van der Waals surface area (Å²) < 4.78 is 0. The smallest absolute Gasteiger partial charge is 0.106 e. The Morgan fingerprint density at radius 1 is 0.889 bits per heavy atom. The van der Waals surface area contributed by atoms with Gasteiger partial charge in [-0.25, -0.2) is 0 Å². The van der Waals surface area contributed by atoms with Gasteiger partial charge in [0.15, 0.2) is 0 Å². The summed E-state index contributed by atoms with van der Waals surface area (Å²) in [5.74, 6) is 0. The summed E-state index contributed by atoms with van der Waals surface area (Å²) in [5, 5.41) is 13.8. The van der Waals surface area contributed by atoms with Crippen molar-refractivity contribution in [2.45, 2.75) is 26.0 Å². The molecule has 0 aliphatic carbocycles. The van der Waals surface area contributed by atoms with Gasteiger partial charge >= 0.3 is 0 Å². The maximum Gasteiger partial charge on any atom is 0.106 e. The third-order valence-corrected chi connectivity index (χ3v) is 2.81. The molecule has 2 heteroatoms. The fourth-order valence-electron chi connectivity index (χ4n) is 1.99. The number of para-hydroxylation sites is 1. The molecule has 2 N–H and O–H groups in total. The number of nitrogens with one attached hydrogen (secondary N) is 1. The highest BCUT2D eigenvalue weighted by atomic mass is 16.3. The van der Waals surface area contributed by atoms with Crippen LogP contribution in [0, 0.1) is 0 Å². The van der Waals surface area contributed by atoms with E-state index in [-0.39, 0.29) is 0 Å². The van der Waals surface area contributed by atoms with Gasteiger partial charge in [-0.3, -0.25) is 0 Å². The predicted octanol–water partition coefficient (Wildman–Crippen LogP) is 3.59. The highest BCUT2D eigenvalue weighted by Gasteiger charge is 2.14. The van der Waals surface area contributed by atoms with E-state index in [9.17, 15) is 5.11 Å². The summed E-state index contributed by atoms with van der Waals surface area (Å²) in [6.07, 6.45) is -0.589. The Hall–Kier alpha value is -1.80. The zero-order valence-corrected chi connectivity index (χ0v) is 10.8. The maximum atomic E-state index is 10.4. The van der Waals surface area contributed by atoms with Crippen molar-refractivity contribution in [1.82, 2.24) is 0 Å². The van der Waals surface area contributed by atoms with Crippen LogP contribution in [0.25, 0.3) is 0 Å². The molecule has 18 heavy (non-hydrogen) atoms. The van der Waals surface area contributed by atoms with Gasteiger partial charge in [0.25, 0.3) is 0 Å². The van der Waals surface area contributed by atoms with E-state index < -0.39 is 6.10 Å². The predicted molar refractivity (Wildman–Crippen MR) is 75.7 cm³/mol. The van der Waals surface area contributed by atoms with Crippen LogP contribution in [0.1, 0.15) is 31.1 Å². The van der Waals surface area contributed by atoms with Gasteiger partial charge in [0.05, 0.1) is 0 Å². The molecule has 0 saturated carbocycles. The van der Waals surface area contributed by atoms with Gasteiger partial charge in [-0.2, -0.15) is 0 Å². The van der Waals surface area contributed by atoms with Crippen molar-refractivity contribution in [1.29, 1.82) is 0 Å². The SMILES string of the molecule is CC(C)Nc1ccccc1[C@@H](O)c1ccccc1. The van der Waals surface area contributed by atoms with Gasteiger partial charge in [0.2, 0.25) is 0 Å². The lowest BCUT2D eigenvalue weighted by molar-refractivity contribution is 0.221. The molecule has 0 saturated heterocycles. The van der Waals surface area contributed by atoms with E-state index >= 15 is 0 Å². The first-order chi connectivity index (χ1) is 8.68. The zero-order valence-electron chi connectivity index (χ0n) is 10.8.